The molecule has 35 heavy (non-hydrogen) atoms. The van der Waals surface area contributed by atoms with Crippen molar-refractivity contribution in [3.8, 4) is 22.5 Å². The van der Waals surface area contributed by atoms with Crippen LogP contribution in [0.5, 0.6) is 0 Å². The normalized spacial score (nSPS) is 10.5. The van der Waals surface area contributed by atoms with Gasteiger partial charge in [-0.05, 0) is 42.4 Å². The standard InChI is InChI=1S/C18H12NO.C13H12N.Ir/c1-12-9-10-16(19-11-12)15-7-4-6-14-13-5-2-3-8-17(13)20-18(14)15;1-10-4-3-5-12(8-10)13-7-6-11(2)9-14-13;/h2-6,8-11H,1H3;3-4,6-9H,1-2H3;/q2*-1;. The van der Waals surface area contributed by atoms with Gasteiger partial charge in [-0.15, -0.1) is 53.6 Å². The Labute approximate surface area is 219 Å². The van der Waals surface area contributed by atoms with Crippen molar-refractivity contribution in [3.63, 3.8) is 0 Å². The predicted octanol–water partition coefficient (Wildman–Crippen LogP) is 7.92. The molecule has 0 spiro atoms. The molecule has 4 heteroatoms. The third-order valence-electron chi connectivity index (χ3n) is 5.65. The van der Waals surface area contributed by atoms with Crippen LogP contribution in [0.2, 0.25) is 0 Å². The van der Waals surface area contributed by atoms with Gasteiger partial charge in [0.15, 0.2) is 0 Å². The fourth-order valence-electron chi connectivity index (χ4n) is 3.85. The Kier molecular flexibility index (Phi) is 7.55. The zero-order chi connectivity index (χ0) is 23.5. The molecule has 3 heterocycles. The molecule has 3 aromatic heterocycles. The minimum Gasteiger partial charge on any atom is -0.501 e. The van der Waals surface area contributed by atoms with Crippen LogP contribution < -0.4 is 0 Å². The van der Waals surface area contributed by atoms with Crippen molar-refractivity contribution < 1.29 is 24.5 Å². The number of furan rings is 1. The third kappa shape index (κ3) is 5.40. The number of nitrogens with zero attached hydrogens (tertiary/aromatic N) is 2. The summed E-state index contributed by atoms with van der Waals surface area (Å²) < 4.78 is 6.00. The second-order valence-electron chi connectivity index (χ2n) is 8.41. The summed E-state index contributed by atoms with van der Waals surface area (Å²) in [5.41, 5.74) is 9.16. The molecule has 0 aliphatic rings. The Balaban J connectivity index is 0.000000171. The predicted molar refractivity (Wildman–Crippen MR) is 139 cm³/mol. The first-order chi connectivity index (χ1) is 16.6. The summed E-state index contributed by atoms with van der Waals surface area (Å²) in [5, 5.41) is 2.24. The van der Waals surface area contributed by atoms with Crippen LogP contribution in [-0.2, 0) is 20.1 Å². The van der Waals surface area contributed by atoms with Crippen LogP contribution in [-0.4, -0.2) is 9.97 Å². The number of rotatable bonds is 2. The Morgan fingerprint density at radius 3 is 2.03 bits per heavy atom. The summed E-state index contributed by atoms with van der Waals surface area (Å²) >= 11 is 0. The first-order valence-electron chi connectivity index (χ1n) is 11.2. The molecule has 0 fully saturated rings. The van der Waals surface area contributed by atoms with E-state index in [0.29, 0.717) is 0 Å². The number of pyridine rings is 2. The van der Waals surface area contributed by atoms with E-state index in [2.05, 4.69) is 53.3 Å². The molecular weight excluding hydrogens is 609 g/mol. The van der Waals surface area contributed by atoms with E-state index in [0.717, 1.165) is 50.0 Å². The van der Waals surface area contributed by atoms with Gasteiger partial charge < -0.3 is 14.4 Å². The van der Waals surface area contributed by atoms with Crippen molar-refractivity contribution >= 4 is 21.9 Å². The smallest absolute Gasteiger partial charge is 0.120 e. The van der Waals surface area contributed by atoms with Crippen LogP contribution in [0, 0.1) is 32.9 Å². The van der Waals surface area contributed by atoms with Gasteiger partial charge in [-0.3, -0.25) is 0 Å². The zero-order valence-corrected chi connectivity index (χ0v) is 22.2. The van der Waals surface area contributed by atoms with Gasteiger partial charge in [0.25, 0.3) is 0 Å². The van der Waals surface area contributed by atoms with Crippen molar-refractivity contribution in [1.29, 1.82) is 0 Å². The minimum atomic E-state index is 0. The molecular formula is C31H24IrN2O-2. The van der Waals surface area contributed by atoms with Gasteiger partial charge in [-0.1, -0.05) is 60.3 Å². The summed E-state index contributed by atoms with van der Waals surface area (Å²) in [5.74, 6) is 0. The van der Waals surface area contributed by atoms with Crippen LogP contribution in [0.3, 0.4) is 0 Å². The number of aryl methyl sites for hydroxylation is 3. The van der Waals surface area contributed by atoms with Crippen LogP contribution in [0.4, 0.5) is 0 Å². The van der Waals surface area contributed by atoms with E-state index in [-0.39, 0.29) is 20.1 Å². The van der Waals surface area contributed by atoms with Crippen LogP contribution in [0.15, 0.2) is 95.7 Å². The third-order valence-corrected chi connectivity index (χ3v) is 5.65. The van der Waals surface area contributed by atoms with E-state index in [9.17, 15) is 0 Å². The van der Waals surface area contributed by atoms with E-state index in [4.69, 9.17) is 4.42 Å². The summed E-state index contributed by atoms with van der Waals surface area (Å²) in [4.78, 5) is 8.84. The van der Waals surface area contributed by atoms with Gasteiger partial charge in [-0.2, -0.15) is 0 Å². The van der Waals surface area contributed by atoms with Crippen molar-refractivity contribution in [2.75, 3.05) is 0 Å². The molecule has 0 saturated heterocycles. The fourth-order valence-corrected chi connectivity index (χ4v) is 3.85. The van der Waals surface area contributed by atoms with Gasteiger partial charge in [-0.25, -0.2) is 0 Å². The molecule has 0 saturated carbocycles. The average Bonchev–Trinajstić information content (AvgIpc) is 3.24. The molecule has 0 aliphatic carbocycles. The molecule has 0 unspecified atom stereocenters. The second-order valence-corrected chi connectivity index (χ2v) is 8.41. The molecule has 0 N–H and O–H groups in total. The Hall–Kier alpha value is -3.59. The molecule has 6 rings (SSSR count). The SMILES string of the molecule is Cc1ccc(-c2[c-]ccc(C)c2)nc1.Cc1ccc(-c2[c-]ccc3c2oc2ccccc23)nc1.[Ir]. The molecule has 3 nitrogen and oxygen atoms in total. The number of benzene rings is 3. The topological polar surface area (TPSA) is 38.9 Å². The van der Waals surface area contributed by atoms with E-state index >= 15 is 0 Å². The van der Waals surface area contributed by atoms with Crippen molar-refractivity contribution in [1.82, 2.24) is 9.97 Å². The maximum absolute atomic E-state index is 6.00. The van der Waals surface area contributed by atoms with E-state index < -0.39 is 0 Å². The Morgan fingerprint density at radius 2 is 1.34 bits per heavy atom. The van der Waals surface area contributed by atoms with Crippen molar-refractivity contribution in [3.05, 3.63) is 120 Å². The summed E-state index contributed by atoms with van der Waals surface area (Å²) in [6, 6.07) is 32.7. The molecule has 3 aromatic carbocycles. The Morgan fingerprint density at radius 1 is 0.657 bits per heavy atom. The van der Waals surface area contributed by atoms with E-state index in [1.165, 1.54) is 11.1 Å². The number of fused-ring (bicyclic) bond motifs is 3. The van der Waals surface area contributed by atoms with Crippen molar-refractivity contribution in [2.45, 2.75) is 20.8 Å². The average molecular weight is 633 g/mol. The molecule has 0 atom stereocenters. The maximum Gasteiger partial charge on any atom is 0.120 e. The summed E-state index contributed by atoms with van der Waals surface area (Å²) in [6.07, 6.45) is 3.75. The second kappa shape index (κ2) is 10.8. The monoisotopic (exact) mass is 633 g/mol. The van der Waals surface area contributed by atoms with Crippen molar-refractivity contribution in [2.24, 2.45) is 0 Å². The van der Waals surface area contributed by atoms with Crippen LogP contribution in [0.1, 0.15) is 16.7 Å². The molecule has 175 valence electrons. The van der Waals surface area contributed by atoms with Gasteiger partial charge in [0, 0.05) is 37.9 Å². The molecule has 0 bridgehead atoms. The molecule has 0 amide bonds. The summed E-state index contributed by atoms with van der Waals surface area (Å²) in [7, 11) is 0. The van der Waals surface area contributed by atoms with Gasteiger partial charge in [0.2, 0.25) is 0 Å². The van der Waals surface area contributed by atoms with Crippen LogP contribution in [0.25, 0.3) is 44.5 Å². The van der Waals surface area contributed by atoms with E-state index in [1.807, 2.05) is 80.8 Å². The molecule has 0 aliphatic heterocycles. The number of hydrogen-bond donors (Lipinski definition) is 0. The largest absolute Gasteiger partial charge is 0.501 e. The first kappa shape index (κ1) is 24.5. The summed E-state index contributed by atoms with van der Waals surface area (Å²) in [6.45, 7) is 6.14. The first-order valence-corrected chi connectivity index (χ1v) is 11.2. The molecule has 6 aromatic rings. The fraction of sp³-hybridized carbons (Fsp3) is 0.0968. The number of para-hydroxylation sites is 1. The maximum atomic E-state index is 6.00. The number of hydrogen-bond acceptors (Lipinski definition) is 3. The van der Waals surface area contributed by atoms with Gasteiger partial charge in [0.05, 0.1) is 5.58 Å². The van der Waals surface area contributed by atoms with Gasteiger partial charge in [0.1, 0.15) is 5.58 Å². The van der Waals surface area contributed by atoms with Gasteiger partial charge >= 0.3 is 0 Å². The minimum absolute atomic E-state index is 0. The Bertz CT molecular complexity index is 1570. The van der Waals surface area contributed by atoms with Crippen LogP contribution >= 0.6 is 0 Å². The molecule has 1 radical (unpaired) electrons. The zero-order valence-electron chi connectivity index (χ0n) is 19.8. The quantitative estimate of drug-likeness (QED) is 0.182. The van der Waals surface area contributed by atoms with E-state index in [1.54, 1.807) is 0 Å². The number of aromatic nitrogens is 2.